The molecule has 5 nitrogen and oxygen atoms in total. The number of hydrogen-bond donors (Lipinski definition) is 2. The SMILES string of the molecule is CCCC(=O)Nc1ccc(Cl)c(NC(=O)C(C)(C)Oc2ccc(Cl)cc2)c1. The molecule has 0 bridgehead atoms. The van der Waals surface area contributed by atoms with Gasteiger partial charge in [0.15, 0.2) is 5.60 Å². The molecule has 0 aliphatic heterocycles. The summed E-state index contributed by atoms with van der Waals surface area (Å²) < 4.78 is 5.77. The summed E-state index contributed by atoms with van der Waals surface area (Å²) in [7, 11) is 0. The van der Waals surface area contributed by atoms with Crippen LogP contribution in [0.25, 0.3) is 0 Å². The Hall–Kier alpha value is -2.24. The molecule has 0 unspecified atom stereocenters. The number of rotatable bonds is 7. The fraction of sp³-hybridized carbons (Fsp3) is 0.300. The molecule has 0 aliphatic rings. The second-order valence-electron chi connectivity index (χ2n) is 6.51. The van der Waals surface area contributed by atoms with E-state index in [9.17, 15) is 9.59 Å². The molecule has 144 valence electrons. The highest BCUT2D eigenvalue weighted by Gasteiger charge is 2.30. The smallest absolute Gasteiger partial charge is 0.268 e. The average Bonchev–Trinajstić information content (AvgIpc) is 2.60. The van der Waals surface area contributed by atoms with Gasteiger partial charge in [-0.25, -0.2) is 0 Å². The van der Waals surface area contributed by atoms with E-state index in [1.54, 1.807) is 56.3 Å². The molecule has 2 rings (SSSR count). The Morgan fingerprint density at radius 2 is 1.70 bits per heavy atom. The number of amides is 2. The van der Waals surface area contributed by atoms with Crippen molar-refractivity contribution in [2.24, 2.45) is 0 Å². The van der Waals surface area contributed by atoms with Crippen LogP contribution in [0.3, 0.4) is 0 Å². The predicted octanol–water partition coefficient (Wildman–Crippen LogP) is 5.53. The first-order chi connectivity index (χ1) is 12.7. The van der Waals surface area contributed by atoms with E-state index in [1.807, 2.05) is 6.92 Å². The van der Waals surface area contributed by atoms with E-state index in [4.69, 9.17) is 27.9 Å². The molecular weight excluding hydrogens is 387 g/mol. The summed E-state index contributed by atoms with van der Waals surface area (Å²) in [6.07, 6.45) is 1.17. The molecule has 2 N–H and O–H groups in total. The van der Waals surface area contributed by atoms with Crippen molar-refractivity contribution in [3.05, 3.63) is 52.5 Å². The number of nitrogens with one attached hydrogen (secondary N) is 2. The number of hydrogen-bond acceptors (Lipinski definition) is 3. The third-order valence-corrected chi connectivity index (χ3v) is 4.29. The third-order valence-electron chi connectivity index (χ3n) is 3.71. The van der Waals surface area contributed by atoms with E-state index in [-0.39, 0.29) is 11.8 Å². The molecule has 27 heavy (non-hydrogen) atoms. The molecule has 0 spiro atoms. The minimum atomic E-state index is -1.15. The van der Waals surface area contributed by atoms with Gasteiger partial charge in [-0.3, -0.25) is 9.59 Å². The van der Waals surface area contributed by atoms with Crippen molar-refractivity contribution < 1.29 is 14.3 Å². The Labute approximate surface area is 169 Å². The number of halogens is 2. The summed E-state index contributed by atoms with van der Waals surface area (Å²) in [4.78, 5) is 24.4. The van der Waals surface area contributed by atoms with E-state index in [0.717, 1.165) is 6.42 Å². The van der Waals surface area contributed by atoms with Gasteiger partial charge in [0.2, 0.25) is 5.91 Å². The number of anilines is 2. The van der Waals surface area contributed by atoms with Crippen molar-refractivity contribution in [1.82, 2.24) is 0 Å². The molecule has 7 heteroatoms. The van der Waals surface area contributed by atoms with Gasteiger partial charge in [0.25, 0.3) is 5.91 Å². The van der Waals surface area contributed by atoms with Gasteiger partial charge in [0, 0.05) is 17.1 Å². The molecule has 0 saturated carbocycles. The average molecular weight is 409 g/mol. The lowest BCUT2D eigenvalue weighted by molar-refractivity contribution is -0.128. The van der Waals surface area contributed by atoms with Crippen molar-refractivity contribution in [1.29, 1.82) is 0 Å². The van der Waals surface area contributed by atoms with E-state index >= 15 is 0 Å². The fourth-order valence-electron chi connectivity index (χ4n) is 2.27. The van der Waals surface area contributed by atoms with Crippen molar-refractivity contribution >= 4 is 46.4 Å². The van der Waals surface area contributed by atoms with Crippen molar-refractivity contribution in [2.45, 2.75) is 39.2 Å². The van der Waals surface area contributed by atoms with Gasteiger partial charge in [-0.1, -0.05) is 30.1 Å². The number of carbonyl (C=O) groups is 2. The standard InChI is InChI=1S/C20H22Cl2N2O3/c1-4-5-18(25)23-14-8-11-16(22)17(12-14)24-19(26)20(2,3)27-15-9-6-13(21)7-10-15/h6-12H,4-5H2,1-3H3,(H,23,25)(H,24,26). The number of carbonyl (C=O) groups excluding carboxylic acids is 2. The Morgan fingerprint density at radius 3 is 2.33 bits per heavy atom. The zero-order chi connectivity index (χ0) is 20.0. The summed E-state index contributed by atoms with van der Waals surface area (Å²) in [5.74, 6) is 0.0473. The van der Waals surface area contributed by atoms with Gasteiger partial charge in [0.1, 0.15) is 5.75 Å². The van der Waals surface area contributed by atoms with Gasteiger partial charge in [-0.15, -0.1) is 0 Å². The van der Waals surface area contributed by atoms with Gasteiger partial charge in [-0.2, -0.15) is 0 Å². The number of benzene rings is 2. The maximum absolute atomic E-state index is 12.7. The molecule has 2 aromatic rings. The normalized spacial score (nSPS) is 11.0. The molecule has 0 aromatic heterocycles. The van der Waals surface area contributed by atoms with Crippen LogP contribution >= 0.6 is 23.2 Å². The van der Waals surface area contributed by atoms with Gasteiger partial charge in [0.05, 0.1) is 10.7 Å². The first-order valence-corrected chi connectivity index (χ1v) is 9.32. The van der Waals surface area contributed by atoms with Crippen LogP contribution in [0.2, 0.25) is 10.0 Å². The number of ether oxygens (including phenoxy) is 1. The first kappa shape index (κ1) is 21.1. The highest BCUT2D eigenvalue weighted by Crippen LogP contribution is 2.28. The second kappa shape index (κ2) is 9.11. The maximum Gasteiger partial charge on any atom is 0.268 e. The quantitative estimate of drug-likeness (QED) is 0.632. The molecule has 2 amide bonds. The van der Waals surface area contributed by atoms with Crippen molar-refractivity contribution in [2.75, 3.05) is 10.6 Å². The van der Waals surface area contributed by atoms with Crippen LogP contribution in [-0.2, 0) is 9.59 Å². The lowest BCUT2D eigenvalue weighted by Gasteiger charge is -2.25. The molecule has 0 atom stereocenters. The van der Waals surface area contributed by atoms with Crippen LogP contribution in [0, 0.1) is 0 Å². The van der Waals surface area contributed by atoms with Gasteiger partial charge < -0.3 is 15.4 Å². The van der Waals surface area contributed by atoms with E-state index in [2.05, 4.69) is 10.6 Å². The third kappa shape index (κ3) is 6.15. The highest BCUT2D eigenvalue weighted by atomic mass is 35.5. The Bertz CT molecular complexity index is 820. The Morgan fingerprint density at radius 1 is 1.04 bits per heavy atom. The molecular formula is C20H22Cl2N2O3. The summed E-state index contributed by atoms with van der Waals surface area (Å²) in [6.45, 7) is 5.23. The summed E-state index contributed by atoms with van der Waals surface area (Å²) in [5, 5.41) is 6.47. The lowest BCUT2D eigenvalue weighted by Crippen LogP contribution is -2.42. The lowest BCUT2D eigenvalue weighted by atomic mass is 10.1. The van der Waals surface area contributed by atoms with Crippen LogP contribution in [0.5, 0.6) is 5.75 Å². The van der Waals surface area contributed by atoms with Crippen LogP contribution < -0.4 is 15.4 Å². The molecule has 0 fully saturated rings. The monoisotopic (exact) mass is 408 g/mol. The van der Waals surface area contributed by atoms with Crippen LogP contribution in [0.1, 0.15) is 33.6 Å². The zero-order valence-electron chi connectivity index (χ0n) is 15.4. The summed E-state index contributed by atoms with van der Waals surface area (Å²) in [5.41, 5.74) is -0.202. The fourth-order valence-corrected chi connectivity index (χ4v) is 2.56. The predicted molar refractivity (Wildman–Crippen MR) is 110 cm³/mol. The topological polar surface area (TPSA) is 67.4 Å². The molecule has 0 saturated heterocycles. The summed E-state index contributed by atoms with van der Waals surface area (Å²) >= 11 is 12.0. The summed E-state index contributed by atoms with van der Waals surface area (Å²) in [6, 6.07) is 11.7. The van der Waals surface area contributed by atoms with E-state index in [1.165, 1.54) is 0 Å². The molecule has 0 heterocycles. The second-order valence-corrected chi connectivity index (χ2v) is 7.36. The van der Waals surface area contributed by atoms with E-state index in [0.29, 0.717) is 33.6 Å². The minimum Gasteiger partial charge on any atom is -0.478 e. The highest BCUT2D eigenvalue weighted by molar-refractivity contribution is 6.34. The van der Waals surface area contributed by atoms with Crippen molar-refractivity contribution in [3.8, 4) is 5.75 Å². The zero-order valence-corrected chi connectivity index (χ0v) is 16.9. The van der Waals surface area contributed by atoms with Crippen molar-refractivity contribution in [3.63, 3.8) is 0 Å². The van der Waals surface area contributed by atoms with E-state index < -0.39 is 5.60 Å². The Kier molecular flexibility index (Phi) is 7.11. The van der Waals surface area contributed by atoms with Crippen LogP contribution in [0.15, 0.2) is 42.5 Å². The maximum atomic E-state index is 12.7. The Balaban J connectivity index is 2.11. The first-order valence-electron chi connectivity index (χ1n) is 8.56. The van der Waals surface area contributed by atoms with Gasteiger partial charge >= 0.3 is 0 Å². The minimum absolute atomic E-state index is 0.0940. The molecule has 0 radical (unpaired) electrons. The largest absolute Gasteiger partial charge is 0.478 e. The van der Waals surface area contributed by atoms with Crippen LogP contribution in [-0.4, -0.2) is 17.4 Å². The molecule has 0 aliphatic carbocycles. The van der Waals surface area contributed by atoms with Gasteiger partial charge in [-0.05, 0) is 62.7 Å². The molecule has 2 aromatic carbocycles. The van der Waals surface area contributed by atoms with Crippen LogP contribution in [0.4, 0.5) is 11.4 Å².